The average Bonchev–Trinajstić information content (AvgIpc) is 2.79. The molecule has 1 N–H and O–H groups in total. The molecule has 0 radical (unpaired) electrons. The summed E-state index contributed by atoms with van der Waals surface area (Å²) in [6.07, 6.45) is 1.86. The molecule has 188 valence electrons. The Labute approximate surface area is 212 Å². The Morgan fingerprint density at radius 3 is 2.69 bits per heavy atom. The molecule has 0 bridgehead atoms. The van der Waals surface area contributed by atoms with Crippen LogP contribution in [-0.2, 0) is 15.9 Å². The van der Waals surface area contributed by atoms with Gasteiger partial charge in [-0.2, -0.15) is 0 Å². The van der Waals surface area contributed by atoms with E-state index in [9.17, 15) is 9.90 Å². The van der Waals surface area contributed by atoms with Gasteiger partial charge >= 0.3 is 6.09 Å². The number of fused-ring (bicyclic) bond motifs is 4. The molecule has 5 atom stereocenters. The molecule has 2 fully saturated rings. The van der Waals surface area contributed by atoms with E-state index in [1.807, 2.05) is 62.1 Å². The number of hydrogen-bond donors (Lipinski definition) is 1. The van der Waals surface area contributed by atoms with Crippen molar-refractivity contribution in [2.75, 3.05) is 13.1 Å². The lowest BCUT2D eigenvalue weighted by Crippen LogP contribution is -2.57. The van der Waals surface area contributed by atoms with Crippen molar-refractivity contribution in [1.29, 1.82) is 0 Å². The van der Waals surface area contributed by atoms with E-state index in [-0.39, 0.29) is 35.9 Å². The van der Waals surface area contributed by atoms with Crippen molar-refractivity contribution in [3.8, 4) is 11.5 Å². The number of carbonyl (C=O) groups is 1. The van der Waals surface area contributed by atoms with Crippen LogP contribution in [0.3, 0.4) is 0 Å². The van der Waals surface area contributed by atoms with Crippen LogP contribution in [-0.4, -0.2) is 46.5 Å². The number of amides is 1. The molecular weight excluding hydrogens is 466 g/mol. The zero-order valence-corrected chi connectivity index (χ0v) is 21.5. The first-order chi connectivity index (χ1) is 16.5. The zero-order valence-electron chi connectivity index (χ0n) is 20.8. The Bertz CT molecular complexity index is 1100. The molecule has 6 nitrogen and oxygen atoms in total. The molecular formula is C28H34ClNO5. The Balaban J connectivity index is 1.44. The van der Waals surface area contributed by atoms with Crippen LogP contribution in [0.15, 0.2) is 42.5 Å². The third-order valence-electron chi connectivity index (χ3n) is 7.48. The molecule has 0 spiro atoms. The van der Waals surface area contributed by atoms with Crippen LogP contribution in [0.2, 0.25) is 5.02 Å². The standard InChI is InChI=1S/C28H34ClNO5/c1-27(2,3)35-26(32)30-13-12-23-18(16-30)14-21-24(33-23)20-6-5-7-22(31)25(20)34-28(21,4)15-17-8-10-19(29)11-9-17/h5-11,18,21,23-24,31H,12-16H2,1-4H3/t18-,21+,23+,24-,28+/m1/s1. The normalized spacial score (nSPS) is 29.9. The summed E-state index contributed by atoms with van der Waals surface area (Å²) in [5.74, 6) is 0.875. The Morgan fingerprint density at radius 2 is 1.97 bits per heavy atom. The molecule has 0 aromatic heterocycles. The molecule has 5 rings (SSSR count). The highest BCUT2D eigenvalue weighted by atomic mass is 35.5. The third kappa shape index (κ3) is 4.83. The lowest BCUT2D eigenvalue weighted by Gasteiger charge is -2.54. The summed E-state index contributed by atoms with van der Waals surface area (Å²) in [7, 11) is 0. The summed E-state index contributed by atoms with van der Waals surface area (Å²) in [5.41, 5.74) is 0.873. The molecule has 3 aliphatic rings. The van der Waals surface area contributed by atoms with E-state index < -0.39 is 11.2 Å². The van der Waals surface area contributed by atoms with Gasteiger partial charge < -0.3 is 24.2 Å². The largest absolute Gasteiger partial charge is 0.504 e. The highest BCUT2D eigenvalue weighted by Gasteiger charge is 2.54. The second-order valence-electron chi connectivity index (χ2n) is 11.3. The molecule has 0 saturated carbocycles. The SMILES string of the molecule is CC(C)(C)OC(=O)N1CC[C@@H]2O[C@@H]3c4cccc(O)c4O[C@@](C)(Cc4ccc(Cl)cc4)[C@H]3C[C@@H]2C1. The number of phenolic OH excluding ortho intramolecular Hbond substituents is 1. The number of phenols is 1. The quantitative estimate of drug-likeness (QED) is 0.537. The lowest BCUT2D eigenvalue weighted by atomic mass is 9.68. The number of likely N-dealkylation sites (tertiary alicyclic amines) is 1. The van der Waals surface area contributed by atoms with Crippen molar-refractivity contribution >= 4 is 17.7 Å². The van der Waals surface area contributed by atoms with Gasteiger partial charge in [-0.05, 0) is 64.3 Å². The van der Waals surface area contributed by atoms with E-state index in [1.54, 1.807) is 6.07 Å². The number of rotatable bonds is 2. The van der Waals surface area contributed by atoms with Crippen LogP contribution < -0.4 is 4.74 Å². The molecule has 3 aliphatic heterocycles. The van der Waals surface area contributed by atoms with Crippen LogP contribution in [0.25, 0.3) is 0 Å². The summed E-state index contributed by atoms with van der Waals surface area (Å²) < 4.78 is 19.0. The summed E-state index contributed by atoms with van der Waals surface area (Å²) in [5, 5.41) is 11.3. The fourth-order valence-corrected chi connectivity index (χ4v) is 5.99. The van der Waals surface area contributed by atoms with E-state index in [0.717, 1.165) is 24.0 Å². The number of halogens is 1. The van der Waals surface area contributed by atoms with Gasteiger partial charge in [0.1, 0.15) is 11.2 Å². The Kier molecular flexibility index (Phi) is 6.17. The number of nitrogens with zero attached hydrogens (tertiary/aromatic N) is 1. The highest BCUT2D eigenvalue weighted by molar-refractivity contribution is 6.30. The first-order valence-corrected chi connectivity index (χ1v) is 12.8. The number of ether oxygens (including phenoxy) is 3. The second kappa shape index (κ2) is 8.90. The van der Waals surface area contributed by atoms with Crippen molar-refractivity contribution in [3.63, 3.8) is 0 Å². The van der Waals surface area contributed by atoms with Gasteiger partial charge in [-0.1, -0.05) is 35.9 Å². The number of piperidine rings is 1. The van der Waals surface area contributed by atoms with Crippen molar-refractivity contribution in [2.45, 2.75) is 70.4 Å². The molecule has 35 heavy (non-hydrogen) atoms. The van der Waals surface area contributed by atoms with Crippen LogP contribution in [0, 0.1) is 11.8 Å². The maximum atomic E-state index is 12.8. The summed E-state index contributed by atoms with van der Waals surface area (Å²) >= 11 is 6.12. The summed E-state index contributed by atoms with van der Waals surface area (Å²) in [6, 6.07) is 13.3. The van der Waals surface area contributed by atoms with E-state index >= 15 is 0 Å². The van der Waals surface area contributed by atoms with Gasteiger partial charge in [0.05, 0.1) is 12.2 Å². The van der Waals surface area contributed by atoms with Crippen LogP contribution in [0.4, 0.5) is 4.79 Å². The summed E-state index contributed by atoms with van der Waals surface area (Å²) in [6.45, 7) is 8.99. The molecule has 2 aromatic carbocycles. The predicted molar refractivity (Wildman–Crippen MR) is 134 cm³/mol. The molecule has 2 aromatic rings. The first-order valence-electron chi connectivity index (χ1n) is 12.4. The van der Waals surface area contributed by atoms with Crippen molar-refractivity contribution < 1.29 is 24.1 Å². The van der Waals surface area contributed by atoms with Gasteiger partial charge in [-0.3, -0.25) is 0 Å². The maximum Gasteiger partial charge on any atom is 0.410 e. The molecule has 0 aliphatic carbocycles. The fourth-order valence-electron chi connectivity index (χ4n) is 5.86. The minimum Gasteiger partial charge on any atom is -0.504 e. The topological polar surface area (TPSA) is 68.2 Å². The second-order valence-corrected chi connectivity index (χ2v) is 11.8. The minimum atomic E-state index is -0.608. The van der Waals surface area contributed by atoms with Crippen molar-refractivity contribution in [3.05, 3.63) is 58.6 Å². The third-order valence-corrected chi connectivity index (χ3v) is 7.73. The average molecular weight is 500 g/mol. The lowest BCUT2D eigenvalue weighted by molar-refractivity contribution is -0.189. The van der Waals surface area contributed by atoms with Crippen LogP contribution >= 0.6 is 11.6 Å². The minimum absolute atomic E-state index is 0.0445. The first kappa shape index (κ1) is 24.3. The van der Waals surface area contributed by atoms with Gasteiger partial charge in [0.25, 0.3) is 0 Å². The Hall–Kier alpha value is -2.44. The van der Waals surface area contributed by atoms with Crippen LogP contribution in [0.5, 0.6) is 11.5 Å². The van der Waals surface area contributed by atoms with Gasteiger partial charge in [0.2, 0.25) is 0 Å². The van der Waals surface area contributed by atoms with Crippen molar-refractivity contribution in [1.82, 2.24) is 4.90 Å². The molecule has 0 unspecified atom stereocenters. The van der Waals surface area contributed by atoms with Crippen LogP contribution in [0.1, 0.15) is 57.8 Å². The number of carbonyl (C=O) groups excluding carboxylic acids is 1. The molecule has 3 heterocycles. The number of aromatic hydroxyl groups is 1. The summed E-state index contributed by atoms with van der Waals surface area (Å²) in [4.78, 5) is 14.6. The van der Waals surface area contributed by atoms with Gasteiger partial charge in [-0.25, -0.2) is 4.79 Å². The molecule has 2 saturated heterocycles. The predicted octanol–water partition coefficient (Wildman–Crippen LogP) is 6.14. The maximum absolute atomic E-state index is 12.8. The van der Waals surface area contributed by atoms with E-state index in [2.05, 4.69) is 6.92 Å². The number of hydrogen-bond acceptors (Lipinski definition) is 5. The monoisotopic (exact) mass is 499 g/mol. The van der Waals surface area contributed by atoms with E-state index in [4.69, 9.17) is 25.8 Å². The van der Waals surface area contributed by atoms with Gasteiger partial charge in [0.15, 0.2) is 11.5 Å². The Morgan fingerprint density at radius 1 is 1.23 bits per heavy atom. The highest BCUT2D eigenvalue weighted by Crippen LogP contribution is 2.55. The number of benzene rings is 2. The van der Waals surface area contributed by atoms with Crippen molar-refractivity contribution in [2.24, 2.45) is 11.8 Å². The van der Waals surface area contributed by atoms with Gasteiger partial charge in [0, 0.05) is 41.9 Å². The molecule has 7 heteroatoms. The zero-order chi connectivity index (χ0) is 25.0. The van der Waals surface area contributed by atoms with E-state index in [0.29, 0.717) is 30.3 Å². The number of para-hydroxylation sites is 1. The van der Waals surface area contributed by atoms with E-state index in [1.165, 1.54) is 0 Å². The fraction of sp³-hybridized carbons (Fsp3) is 0.536. The smallest absolute Gasteiger partial charge is 0.410 e. The molecule has 1 amide bonds. The van der Waals surface area contributed by atoms with Gasteiger partial charge in [-0.15, -0.1) is 0 Å².